The smallest absolute Gasteiger partial charge is 0.133 e. The molecule has 1 aromatic heterocycles. The zero-order chi connectivity index (χ0) is 14.8. The highest BCUT2D eigenvalue weighted by Crippen LogP contribution is 2.29. The van der Waals surface area contributed by atoms with E-state index in [0.717, 1.165) is 36.2 Å². The second-order valence-electron chi connectivity index (χ2n) is 5.66. The van der Waals surface area contributed by atoms with Gasteiger partial charge in [-0.15, -0.1) is 0 Å². The van der Waals surface area contributed by atoms with Crippen LogP contribution in [0.4, 0.5) is 5.82 Å². The highest BCUT2D eigenvalue weighted by molar-refractivity contribution is 9.08. The van der Waals surface area contributed by atoms with E-state index in [1.165, 1.54) is 10.9 Å². The molecule has 0 amide bonds. The quantitative estimate of drug-likeness (QED) is 0.779. The predicted molar refractivity (Wildman–Crippen MR) is 91.2 cm³/mol. The van der Waals surface area contributed by atoms with Gasteiger partial charge < -0.3 is 9.64 Å². The van der Waals surface area contributed by atoms with Crippen molar-refractivity contribution >= 4 is 32.7 Å². The summed E-state index contributed by atoms with van der Waals surface area (Å²) < 4.78 is 5.81. The molecule has 0 spiro atoms. The summed E-state index contributed by atoms with van der Waals surface area (Å²) in [6, 6.07) is 11.0. The van der Waals surface area contributed by atoms with Gasteiger partial charge in [0.15, 0.2) is 0 Å². The van der Waals surface area contributed by atoms with Crippen molar-refractivity contribution < 1.29 is 4.74 Å². The van der Waals surface area contributed by atoms with E-state index in [0.29, 0.717) is 6.04 Å². The molecule has 1 fully saturated rings. The van der Waals surface area contributed by atoms with Crippen LogP contribution in [0.2, 0.25) is 0 Å². The summed E-state index contributed by atoms with van der Waals surface area (Å²) in [5, 5.41) is 2.02. The summed E-state index contributed by atoms with van der Waals surface area (Å²) in [4.78, 5) is 7.37. The van der Waals surface area contributed by atoms with E-state index < -0.39 is 0 Å². The van der Waals surface area contributed by atoms with Crippen molar-refractivity contribution in [1.82, 2.24) is 4.98 Å². The lowest BCUT2D eigenvalue weighted by Gasteiger charge is -2.40. The van der Waals surface area contributed by atoms with Gasteiger partial charge in [0.1, 0.15) is 5.82 Å². The van der Waals surface area contributed by atoms with E-state index in [2.05, 4.69) is 58.9 Å². The molecule has 0 N–H and O–H groups in total. The molecule has 0 radical (unpaired) electrons. The number of hydrogen-bond acceptors (Lipinski definition) is 3. The third kappa shape index (κ3) is 2.92. The standard InChI is InChI=1S/C17H21BrN2O/c1-3-15-11-21-12(2)10-20(15)17-14(9-18)8-13-6-4-5-7-16(13)19-17/h4-8,12,15H,3,9-11H2,1-2H3. The number of rotatable bonds is 3. The fraction of sp³-hybridized carbons (Fsp3) is 0.471. The van der Waals surface area contributed by atoms with Crippen LogP contribution in [0.1, 0.15) is 25.8 Å². The van der Waals surface area contributed by atoms with Gasteiger partial charge in [-0.1, -0.05) is 41.1 Å². The average molecular weight is 349 g/mol. The number of benzene rings is 1. The molecule has 1 aliphatic heterocycles. The van der Waals surface area contributed by atoms with Gasteiger partial charge in [-0.3, -0.25) is 0 Å². The fourth-order valence-electron chi connectivity index (χ4n) is 2.94. The van der Waals surface area contributed by atoms with Crippen LogP contribution in [0.5, 0.6) is 0 Å². The molecule has 2 unspecified atom stereocenters. The molecular formula is C17H21BrN2O. The maximum Gasteiger partial charge on any atom is 0.133 e. The molecule has 2 atom stereocenters. The van der Waals surface area contributed by atoms with Gasteiger partial charge in [0.2, 0.25) is 0 Å². The molecule has 3 rings (SSSR count). The molecule has 21 heavy (non-hydrogen) atoms. The molecule has 0 aliphatic carbocycles. The van der Waals surface area contributed by atoms with E-state index in [-0.39, 0.29) is 6.10 Å². The topological polar surface area (TPSA) is 25.4 Å². The normalized spacial score (nSPS) is 22.7. The minimum atomic E-state index is 0.254. The van der Waals surface area contributed by atoms with Crippen LogP contribution in [0.3, 0.4) is 0 Å². The van der Waals surface area contributed by atoms with E-state index in [9.17, 15) is 0 Å². The number of halogens is 1. The van der Waals surface area contributed by atoms with Crippen molar-refractivity contribution in [3.05, 3.63) is 35.9 Å². The highest BCUT2D eigenvalue weighted by Gasteiger charge is 2.28. The zero-order valence-electron chi connectivity index (χ0n) is 12.6. The van der Waals surface area contributed by atoms with Crippen molar-refractivity contribution in [2.45, 2.75) is 37.7 Å². The summed E-state index contributed by atoms with van der Waals surface area (Å²) in [6.07, 6.45) is 1.33. The van der Waals surface area contributed by atoms with Gasteiger partial charge in [-0.2, -0.15) is 0 Å². The SMILES string of the molecule is CCC1COC(C)CN1c1nc2ccccc2cc1CBr. The minimum Gasteiger partial charge on any atom is -0.375 e. The first-order valence-electron chi connectivity index (χ1n) is 7.55. The Kier molecular flexibility index (Phi) is 4.45. The number of para-hydroxylation sites is 1. The molecule has 1 aliphatic rings. The maximum atomic E-state index is 5.81. The van der Waals surface area contributed by atoms with Crippen molar-refractivity contribution in [1.29, 1.82) is 0 Å². The number of anilines is 1. The predicted octanol–water partition coefficient (Wildman–Crippen LogP) is 4.13. The minimum absolute atomic E-state index is 0.254. The van der Waals surface area contributed by atoms with Gasteiger partial charge in [-0.25, -0.2) is 4.98 Å². The van der Waals surface area contributed by atoms with E-state index in [4.69, 9.17) is 9.72 Å². The monoisotopic (exact) mass is 348 g/mol. The number of fused-ring (bicyclic) bond motifs is 1. The van der Waals surface area contributed by atoms with Crippen LogP contribution in [-0.4, -0.2) is 30.3 Å². The molecule has 0 saturated carbocycles. The molecule has 112 valence electrons. The summed E-state index contributed by atoms with van der Waals surface area (Å²) in [6.45, 7) is 6.04. The van der Waals surface area contributed by atoms with Gasteiger partial charge in [0.05, 0.1) is 24.3 Å². The Hall–Kier alpha value is -1.13. The van der Waals surface area contributed by atoms with Crippen molar-refractivity contribution in [2.24, 2.45) is 0 Å². The third-order valence-corrected chi connectivity index (χ3v) is 4.74. The van der Waals surface area contributed by atoms with Crippen LogP contribution < -0.4 is 4.90 Å². The molecular weight excluding hydrogens is 328 g/mol. The Morgan fingerprint density at radius 2 is 2.19 bits per heavy atom. The first-order valence-corrected chi connectivity index (χ1v) is 8.68. The summed E-state index contributed by atoms with van der Waals surface area (Å²) in [5.74, 6) is 1.10. The third-order valence-electron chi connectivity index (χ3n) is 4.14. The summed E-state index contributed by atoms with van der Waals surface area (Å²) >= 11 is 3.62. The lowest BCUT2D eigenvalue weighted by Crippen LogP contribution is -2.49. The van der Waals surface area contributed by atoms with Gasteiger partial charge >= 0.3 is 0 Å². The first-order chi connectivity index (χ1) is 10.2. The average Bonchev–Trinajstić information content (AvgIpc) is 2.53. The Bertz CT molecular complexity index is 631. The number of pyridine rings is 1. The van der Waals surface area contributed by atoms with Gasteiger partial charge in [0, 0.05) is 22.8 Å². The lowest BCUT2D eigenvalue weighted by molar-refractivity contribution is 0.0296. The number of hydrogen-bond donors (Lipinski definition) is 0. The highest BCUT2D eigenvalue weighted by atomic mass is 79.9. The Morgan fingerprint density at radius 1 is 1.38 bits per heavy atom. The molecule has 1 saturated heterocycles. The van der Waals surface area contributed by atoms with Gasteiger partial charge in [-0.05, 0) is 25.5 Å². The number of nitrogens with zero attached hydrogens (tertiary/aromatic N) is 2. The van der Waals surface area contributed by atoms with Crippen LogP contribution >= 0.6 is 15.9 Å². The largest absolute Gasteiger partial charge is 0.375 e. The Morgan fingerprint density at radius 3 is 2.95 bits per heavy atom. The fourth-order valence-corrected chi connectivity index (χ4v) is 3.35. The molecule has 2 heterocycles. The molecule has 4 heteroatoms. The summed E-state index contributed by atoms with van der Waals surface area (Å²) in [5.41, 5.74) is 2.31. The van der Waals surface area contributed by atoms with Crippen molar-refractivity contribution in [3.63, 3.8) is 0 Å². The molecule has 0 bridgehead atoms. The number of morpholine rings is 1. The molecule has 3 nitrogen and oxygen atoms in total. The first kappa shape index (κ1) is 14.8. The second-order valence-corrected chi connectivity index (χ2v) is 6.22. The maximum absolute atomic E-state index is 5.81. The van der Waals surface area contributed by atoms with E-state index >= 15 is 0 Å². The lowest BCUT2D eigenvalue weighted by atomic mass is 10.1. The van der Waals surface area contributed by atoms with E-state index in [1.807, 2.05) is 6.07 Å². The number of alkyl halides is 1. The molecule has 1 aromatic carbocycles. The van der Waals surface area contributed by atoms with Crippen LogP contribution in [-0.2, 0) is 10.1 Å². The van der Waals surface area contributed by atoms with Crippen LogP contribution in [0.15, 0.2) is 30.3 Å². The van der Waals surface area contributed by atoms with Crippen molar-refractivity contribution in [2.75, 3.05) is 18.1 Å². The number of aromatic nitrogens is 1. The summed E-state index contributed by atoms with van der Waals surface area (Å²) in [7, 11) is 0. The Balaban J connectivity index is 2.08. The second kappa shape index (κ2) is 6.32. The molecule has 2 aromatic rings. The van der Waals surface area contributed by atoms with Gasteiger partial charge in [0.25, 0.3) is 0 Å². The number of ether oxygens (including phenoxy) is 1. The Labute approximate surface area is 134 Å². The zero-order valence-corrected chi connectivity index (χ0v) is 14.1. The van der Waals surface area contributed by atoms with E-state index in [1.54, 1.807) is 0 Å². The van der Waals surface area contributed by atoms with Crippen molar-refractivity contribution in [3.8, 4) is 0 Å². The van der Waals surface area contributed by atoms with Crippen LogP contribution in [0, 0.1) is 0 Å². The van der Waals surface area contributed by atoms with Crippen LogP contribution in [0.25, 0.3) is 10.9 Å².